The maximum atomic E-state index is 6.59. The molecule has 0 aromatic heterocycles. The van der Waals surface area contributed by atoms with Crippen molar-refractivity contribution in [2.24, 2.45) is 0 Å². The minimum atomic E-state index is 0.207. The summed E-state index contributed by atoms with van der Waals surface area (Å²) in [5, 5.41) is 0. The highest BCUT2D eigenvalue weighted by atomic mass is 16.6. The Bertz CT molecular complexity index is 1170. The Morgan fingerprint density at radius 2 is 0.880 bits per heavy atom. The van der Waals surface area contributed by atoms with Crippen molar-refractivity contribution in [3.8, 4) is 23.0 Å². The normalized spacial score (nSPS) is 24.3. The van der Waals surface area contributed by atoms with Crippen LogP contribution in [0.15, 0.2) is 36.4 Å². The van der Waals surface area contributed by atoms with E-state index in [4.69, 9.17) is 28.4 Å². The summed E-state index contributed by atoms with van der Waals surface area (Å²) in [5.74, 6) is 3.49. The van der Waals surface area contributed by atoms with Crippen LogP contribution < -0.4 is 28.7 Å². The van der Waals surface area contributed by atoms with Crippen LogP contribution in [-0.2, 0) is 9.47 Å². The number of piperazine rings is 1. The summed E-state index contributed by atoms with van der Waals surface area (Å²) in [5.41, 5.74) is 2.27. The van der Waals surface area contributed by atoms with Crippen LogP contribution in [0.2, 0.25) is 0 Å². The summed E-state index contributed by atoms with van der Waals surface area (Å²) < 4.78 is 36.2. The van der Waals surface area contributed by atoms with Gasteiger partial charge >= 0.3 is 0 Å². The molecule has 0 saturated carbocycles. The lowest BCUT2D eigenvalue weighted by Gasteiger charge is -2.55. The van der Waals surface area contributed by atoms with Crippen molar-refractivity contribution in [3.05, 3.63) is 36.4 Å². The maximum absolute atomic E-state index is 6.59. The molecule has 8 heteroatoms. The first-order valence-corrected chi connectivity index (χ1v) is 20.0. The first-order valence-electron chi connectivity index (χ1n) is 20.0. The van der Waals surface area contributed by atoms with Crippen LogP contribution in [0.1, 0.15) is 119 Å². The number of hydrogen-bond acceptors (Lipinski definition) is 8. The SMILES string of the molecule is CCCCCCCCOc1cc(OCC2CO2)ccc1N1C(C)C(C)N(c2ccc(OCC3CO3)cc2OCCCCCCCC)C(C)C1C. The van der Waals surface area contributed by atoms with Crippen LogP contribution in [0.25, 0.3) is 0 Å². The lowest BCUT2D eigenvalue weighted by Crippen LogP contribution is -2.66. The lowest BCUT2D eigenvalue weighted by atomic mass is 9.92. The predicted molar refractivity (Wildman–Crippen MR) is 204 cm³/mol. The molecule has 3 aliphatic heterocycles. The smallest absolute Gasteiger partial charge is 0.146 e. The van der Waals surface area contributed by atoms with Gasteiger partial charge in [0.25, 0.3) is 0 Å². The third-order valence-electron chi connectivity index (χ3n) is 10.8. The number of rotatable bonds is 24. The van der Waals surface area contributed by atoms with E-state index in [9.17, 15) is 0 Å². The van der Waals surface area contributed by atoms with Crippen LogP contribution in [0.5, 0.6) is 23.0 Å². The molecule has 0 aliphatic carbocycles. The van der Waals surface area contributed by atoms with Crippen LogP contribution in [0, 0.1) is 0 Å². The molecule has 6 atom stereocenters. The highest BCUT2D eigenvalue weighted by Gasteiger charge is 2.42. The molecule has 5 rings (SSSR count). The third kappa shape index (κ3) is 11.1. The minimum Gasteiger partial charge on any atom is -0.491 e. The Hall–Kier alpha value is -2.84. The second-order valence-corrected chi connectivity index (χ2v) is 14.8. The first kappa shape index (κ1) is 38.4. The Morgan fingerprint density at radius 3 is 1.24 bits per heavy atom. The molecule has 3 aliphatic rings. The largest absolute Gasteiger partial charge is 0.491 e. The molecule has 3 fully saturated rings. The minimum absolute atomic E-state index is 0.207. The van der Waals surface area contributed by atoms with E-state index in [2.05, 4.69) is 87.7 Å². The van der Waals surface area contributed by atoms with E-state index in [1.165, 1.54) is 64.2 Å². The number of hydrogen-bond donors (Lipinski definition) is 0. The quantitative estimate of drug-likeness (QED) is 0.0795. The molecule has 0 N–H and O–H groups in total. The number of anilines is 2. The van der Waals surface area contributed by atoms with Gasteiger partial charge in [-0.15, -0.1) is 0 Å². The van der Waals surface area contributed by atoms with E-state index < -0.39 is 0 Å². The van der Waals surface area contributed by atoms with Gasteiger partial charge in [-0.3, -0.25) is 0 Å². The molecule has 8 nitrogen and oxygen atoms in total. The van der Waals surface area contributed by atoms with Crippen molar-refractivity contribution in [1.29, 1.82) is 0 Å². The number of nitrogens with zero attached hydrogens (tertiary/aromatic N) is 2. The summed E-state index contributed by atoms with van der Waals surface area (Å²) in [6, 6.07) is 13.6. The molecule has 3 heterocycles. The highest BCUT2D eigenvalue weighted by Crippen LogP contribution is 2.43. The second-order valence-electron chi connectivity index (χ2n) is 14.8. The predicted octanol–water partition coefficient (Wildman–Crippen LogP) is 9.60. The van der Waals surface area contributed by atoms with Crippen molar-refractivity contribution in [1.82, 2.24) is 0 Å². The van der Waals surface area contributed by atoms with E-state index in [1.54, 1.807) is 0 Å². The van der Waals surface area contributed by atoms with Crippen LogP contribution >= 0.6 is 0 Å². The zero-order valence-corrected chi connectivity index (χ0v) is 32.0. The molecule has 6 unspecified atom stereocenters. The molecule has 2 aromatic rings. The van der Waals surface area contributed by atoms with Gasteiger partial charge in [0.05, 0.1) is 37.8 Å². The first-order chi connectivity index (χ1) is 24.4. The monoisotopic (exact) mass is 694 g/mol. The molecule has 280 valence electrons. The van der Waals surface area contributed by atoms with Gasteiger partial charge in [0.1, 0.15) is 48.4 Å². The lowest BCUT2D eigenvalue weighted by molar-refractivity contribution is 0.258. The average Bonchev–Trinajstić information content (AvgIpc) is 4.06. The molecule has 0 amide bonds. The fourth-order valence-electron chi connectivity index (χ4n) is 7.21. The fraction of sp³-hybridized carbons (Fsp3) is 0.714. The second kappa shape index (κ2) is 19.7. The van der Waals surface area contributed by atoms with Gasteiger partial charge in [0.2, 0.25) is 0 Å². The van der Waals surface area contributed by atoms with Crippen molar-refractivity contribution >= 4 is 11.4 Å². The standard InChI is InChI=1S/C42H66N2O6/c1-7-9-11-13-15-17-23-45-41-25-35(47-27-37-29-49-37)19-21-39(41)43-31(3)33(5)44(34(6)32(43)4)40-22-20-36(48-28-38-30-50-38)26-42(40)46-24-18-16-14-12-10-8-2/h19-22,25-26,31-34,37-38H,7-18,23-24,27-30H2,1-6H3. The van der Waals surface area contributed by atoms with Crippen molar-refractivity contribution in [3.63, 3.8) is 0 Å². The Morgan fingerprint density at radius 1 is 0.520 bits per heavy atom. The van der Waals surface area contributed by atoms with E-state index in [1.807, 2.05) is 0 Å². The Labute approximate surface area is 303 Å². The molecule has 2 aromatic carbocycles. The summed E-state index contributed by atoms with van der Waals surface area (Å²) >= 11 is 0. The van der Waals surface area contributed by atoms with Gasteiger partial charge in [-0.1, -0.05) is 78.1 Å². The summed E-state index contributed by atoms with van der Waals surface area (Å²) in [7, 11) is 0. The Kier molecular flexibility index (Phi) is 15.1. The van der Waals surface area contributed by atoms with Crippen molar-refractivity contribution in [2.45, 2.75) is 155 Å². The van der Waals surface area contributed by atoms with E-state index >= 15 is 0 Å². The molecule has 3 saturated heterocycles. The van der Waals surface area contributed by atoms with E-state index in [0.717, 1.165) is 60.4 Å². The van der Waals surface area contributed by atoms with Crippen LogP contribution in [-0.4, -0.2) is 76.0 Å². The topological polar surface area (TPSA) is 68.5 Å². The van der Waals surface area contributed by atoms with Crippen molar-refractivity contribution in [2.75, 3.05) is 49.4 Å². The van der Waals surface area contributed by atoms with Crippen LogP contribution in [0.4, 0.5) is 11.4 Å². The third-order valence-corrected chi connectivity index (χ3v) is 10.8. The number of unbranched alkanes of at least 4 members (excludes halogenated alkanes) is 10. The number of ether oxygens (including phenoxy) is 6. The molecular weight excluding hydrogens is 628 g/mol. The molecule has 50 heavy (non-hydrogen) atoms. The molecular formula is C42H66N2O6. The number of benzene rings is 2. The average molecular weight is 695 g/mol. The zero-order valence-electron chi connectivity index (χ0n) is 32.0. The van der Waals surface area contributed by atoms with Gasteiger partial charge < -0.3 is 38.2 Å². The van der Waals surface area contributed by atoms with Gasteiger partial charge in [0, 0.05) is 36.3 Å². The van der Waals surface area contributed by atoms with E-state index in [0.29, 0.717) is 26.4 Å². The van der Waals surface area contributed by atoms with Gasteiger partial charge in [-0.25, -0.2) is 0 Å². The summed E-state index contributed by atoms with van der Waals surface area (Å²) in [4.78, 5) is 5.14. The number of epoxide rings is 2. The maximum Gasteiger partial charge on any atom is 0.146 e. The van der Waals surface area contributed by atoms with E-state index in [-0.39, 0.29) is 36.4 Å². The summed E-state index contributed by atoms with van der Waals surface area (Å²) in [6.07, 6.45) is 15.3. The fourth-order valence-corrected chi connectivity index (χ4v) is 7.21. The van der Waals surface area contributed by atoms with Gasteiger partial charge in [0.15, 0.2) is 0 Å². The highest BCUT2D eigenvalue weighted by molar-refractivity contribution is 5.67. The van der Waals surface area contributed by atoms with Gasteiger partial charge in [-0.05, 0) is 64.8 Å². The molecule has 0 spiro atoms. The van der Waals surface area contributed by atoms with Gasteiger partial charge in [-0.2, -0.15) is 0 Å². The van der Waals surface area contributed by atoms with Crippen molar-refractivity contribution < 1.29 is 28.4 Å². The Balaban J connectivity index is 1.32. The molecule has 0 bridgehead atoms. The summed E-state index contributed by atoms with van der Waals surface area (Å²) in [6.45, 7) is 18.1. The zero-order chi connectivity index (χ0) is 35.3. The van der Waals surface area contributed by atoms with Crippen LogP contribution in [0.3, 0.4) is 0 Å². The molecule has 0 radical (unpaired) electrons.